The van der Waals surface area contributed by atoms with Crippen LogP contribution in [-0.2, 0) is 4.74 Å². The Morgan fingerprint density at radius 2 is 1.93 bits per heavy atom. The number of hydrogen-bond donors (Lipinski definition) is 0. The first-order chi connectivity index (χ1) is 13.9. The fourth-order valence-electron chi connectivity index (χ4n) is 5.71. The van der Waals surface area contributed by atoms with Crippen LogP contribution in [-0.4, -0.2) is 63.8 Å². The molecular formula is C23H36FN3O2. The molecule has 162 valence electrons. The Hall–Kier alpha value is -1.40. The molecule has 2 unspecified atom stereocenters. The van der Waals surface area contributed by atoms with Crippen molar-refractivity contribution in [1.82, 2.24) is 9.80 Å². The summed E-state index contributed by atoms with van der Waals surface area (Å²) >= 11 is 0. The molecule has 6 heteroatoms. The summed E-state index contributed by atoms with van der Waals surface area (Å²) in [5.41, 5.74) is 0.286. The minimum atomic E-state index is -0.743. The van der Waals surface area contributed by atoms with Crippen LogP contribution in [0.5, 0.6) is 0 Å². The fraction of sp³-hybridized carbons (Fsp3) is 0.783. The first-order valence-corrected chi connectivity index (χ1v) is 11.5. The summed E-state index contributed by atoms with van der Waals surface area (Å²) in [6, 6.07) is 0.897. The number of likely N-dealkylation sites (tertiary alicyclic amines) is 1. The molecule has 0 spiro atoms. The fourth-order valence-corrected chi connectivity index (χ4v) is 5.71. The van der Waals surface area contributed by atoms with Crippen molar-refractivity contribution in [3.63, 3.8) is 0 Å². The molecule has 2 aliphatic carbocycles. The maximum Gasteiger partial charge on any atom is 0.272 e. The molecular weight excluding hydrogens is 369 g/mol. The third-order valence-electron chi connectivity index (χ3n) is 7.16. The Balaban J connectivity index is 1.39. The van der Waals surface area contributed by atoms with E-state index in [-0.39, 0.29) is 17.6 Å². The molecule has 0 bridgehead atoms. The predicted molar refractivity (Wildman–Crippen MR) is 113 cm³/mol. The SMILES string of the molecule is CCCOC1CCCC(N2CCC(N3C4=CCC=C(F)C4=[N+]([O-])C3(C)C)CC2)C1. The lowest BCUT2D eigenvalue weighted by atomic mass is 9.89. The number of halogens is 1. The summed E-state index contributed by atoms with van der Waals surface area (Å²) in [5, 5.41) is 12.9. The predicted octanol–water partition coefficient (Wildman–Crippen LogP) is 4.33. The molecule has 0 N–H and O–H groups in total. The highest BCUT2D eigenvalue weighted by atomic mass is 19.1. The molecule has 2 fully saturated rings. The molecule has 0 amide bonds. The second-order valence-corrected chi connectivity index (χ2v) is 9.46. The van der Waals surface area contributed by atoms with Crippen molar-refractivity contribution >= 4 is 5.71 Å². The molecule has 1 saturated carbocycles. The average molecular weight is 406 g/mol. The van der Waals surface area contributed by atoms with Gasteiger partial charge < -0.3 is 19.7 Å². The summed E-state index contributed by atoms with van der Waals surface area (Å²) in [4.78, 5) is 4.84. The molecule has 2 atom stereocenters. The van der Waals surface area contributed by atoms with E-state index in [2.05, 4.69) is 16.7 Å². The van der Waals surface area contributed by atoms with Crippen molar-refractivity contribution in [2.24, 2.45) is 0 Å². The number of hydroxylamine groups is 1. The van der Waals surface area contributed by atoms with Gasteiger partial charge in [0, 0.05) is 45.6 Å². The molecule has 0 radical (unpaired) electrons. The smallest absolute Gasteiger partial charge is 0.272 e. The normalized spacial score (nSPS) is 31.0. The van der Waals surface area contributed by atoms with Crippen LogP contribution in [0, 0.1) is 5.21 Å². The van der Waals surface area contributed by atoms with E-state index < -0.39 is 5.66 Å². The molecule has 1 saturated heterocycles. The van der Waals surface area contributed by atoms with E-state index >= 15 is 0 Å². The molecule has 2 aliphatic heterocycles. The monoisotopic (exact) mass is 405 g/mol. The Morgan fingerprint density at radius 1 is 1.17 bits per heavy atom. The largest absolute Gasteiger partial charge is 0.622 e. The van der Waals surface area contributed by atoms with E-state index in [1.807, 2.05) is 19.9 Å². The van der Waals surface area contributed by atoms with Gasteiger partial charge in [0.2, 0.25) is 5.66 Å². The van der Waals surface area contributed by atoms with Crippen molar-refractivity contribution in [1.29, 1.82) is 0 Å². The zero-order chi connectivity index (χ0) is 20.6. The Kier molecular flexibility index (Phi) is 6.03. The molecule has 2 heterocycles. The average Bonchev–Trinajstić information content (AvgIpc) is 2.93. The van der Waals surface area contributed by atoms with Crippen molar-refractivity contribution in [3.05, 3.63) is 28.9 Å². The van der Waals surface area contributed by atoms with Gasteiger partial charge in [0.05, 0.1) is 6.10 Å². The van der Waals surface area contributed by atoms with E-state index in [1.165, 1.54) is 25.3 Å². The van der Waals surface area contributed by atoms with Gasteiger partial charge in [-0.3, -0.25) is 0 Å². The van der Waals surface area contributed by atoms with Crippen molar-refractivity contribution in [2.75, 3.05) is 19.7 Å². The van der Waals surface area contributed by atoms with Crippen LogP contribution in [0.2, 0.25) is 0 Å². The number of fused-ring (bicyclic) bond motifs is 1. The van der Waals surface area contributed by atoms with Crippen molar-refractivity contribution < 1.29 is 13.9 Å². The van der Waals surface area contributed by atoms with E-state index in [9.17, 15) is 9.60 Å². The van der Waals surface area contributed by atoms with Crippen LogP contribution < -0.4 is 0 Å². The standard InChI is InChI=1S/C23H36FN3O2/c1-4-15-29-19-8-5-7-18(16-19)25-13-11-17(12-14-25)26-21-10-6-9-20(24)22(21)27(28)23(26,2)3/h9-10,17-19H,4-8,11-16H2,1-3H3. The van der Waals surface area contributed by atoms with Crippen LogP contribution in [0.4, 0.5) is 4.39 Å². The van der Waals surface area contributed by atoms with Crippen LogP contribution in [0.15, 0.2) is 23.7 Å². The van der Waals surface area contributed by atoms with Crippen molar-refractivity contribution in [2.45, 2.75) is 96.0 Å². The second-order valence-electron chi connectivity index (χ2n) is 9.46. The van der Waals surface area contributed by atoms with E-state index in [4.69, 9.17) is 4.74 Å². The van der Waals surface area contributed by atoms with E-state index in [0.29, 0.717) is 18.6 Å². The first-order valence-electron chi connectivity index (χ1n) is 11.5. The van der Waals surface area contributed by atoms with E-state index in [1.54, 1.807) is 0 Å². The van der Waals surface area contributed by atoms with Crippen LogP contribution >= 0.6 is 0 Å². The highest BCUT2D eigenvalue weighted by Crippen LogP contribution is 2.39. The number of piperidine rings is 1. The van der Waals surface area contributed by atoms with Gasteiger partial charge in [0.1, 0.15) is 5.70 Å². The Morgan fingerprint density at radius 3 is 2.66 bits per heavy atom. The number of rotatable bonds is 5. The molecule has 4 rings (SSSR count). The highest BCUT2D eigenvalue weighted by Gasteiger charge is 2.52. The minimum absolute atomic E-state index is 0.229. The van der Waals surface area contributed by atoms with Gasteiger partial charge in [-0.15, -0.1) is 0 Å². The van der Waals surface area contributed by atoms with Gasteiger partial charge in [0.25, 0.3) is 5.71 Å². The first kappa shape index (κ1) is 20.9. The van der Waals surface area contributed by atoms with Gasteiger partial charge >= 0.3 is 0 Å². The van der Waals surface area contributed by atoms with Gasteiger partial charge in [-0.2, -0.15) is 9.13 Å². The summed E-state index contributed by atoms with van der Waals surface area (Å²) in [7, 11) is 0. The topological polar surface area (TPSA) is 41.8 Å². The summed E-state index contributed by atoms with van der Waals surface area (Å²) in [5.74, 6) is -0.370. The van der Waals surface area contributed by atoms with E-state index in [0.717, 1.165) is 55.8 Å². The zero-order valence-electron chi connectivity index (χ0n) is 18.2. The number of allylic oxidation sites excluding steroid dienone is 3. The third-order valence-corrected chi connectivity index (χ3v) is 7.16. The number of ether oxygens (including phenoxy) is 1. The summed E-state index contributed by atoms with van der Waals surface area (Å²) in [6.45, 7) is 8.96. The number of nitrogens with zero attached hydrogens (tertiary/aromatic N) is 3. The molecule has 4 aliphatic rings. The zero-order valence-corrected chi connectivity index (χ0v) is 18.2. The Labute approximate surface area is 174 Å². The van der Waals surface area contributed by atoms with Crippen LogP contribution in [0.1, 0.15) is 72.1 Å². The summed E-state index contributed by atoms with van der Waals surface area (Å²) < 4.78 is 21.3. The van der Waals surface area contributed by atoms with Crippen LogP contribution in [0.25, 0.3) is 0 Å². The highest BCUT2D eigenvalue weighted by molar-refractivity contribution is 6.09. The van der Waals surface area contributed by atoms with Gasteiger partial charge in [-0.1, -0.05) is 6.92 Å². The lowest BCUT2D eigenvalue weighted by Crippen LogP contribution is -2.54. The quantitative estimate of drug-likeness (QED) is 0.504. The molecule has 5 nitrogen and oxygen atoms in total. The molecule has 29 heavy (non-hydrogen) atoms. The summed E-state index contributed by atoms with van der Waals surface area (Å²) in [6.07, 6.45) is 12.5. The second kappa shape index (κ2) is 8.38. The van der Waals surface area contributed by atoms with Gasteiger partial charge in [-0.25, -0.2) is 0 Å². The molecule has 0 aromatic rings. The minimum Gasteiger partial charge on any atom is -0.622 e. The van der Waals surface area contributed by atoms with Crippen molar-refractivity contribution in [3.8, 4) is 0 Å². The van der Waals surface area contributed by atoms with Crippen LogP contribution in [0.3, 0.4) is 0 Å². The lowest BCUT2D eigenvalue weighted by Gasteiger charge is -2.45. The van der Waals surface area contributed by atoms with Gasteiger partial charge in [-0.05, 0) is 63.5 Å². The lowest BCUT2D eigenvalue weighted by molar-refractivity contribution is -0.559. The third kappa shape index (κ3) is 3.86. The molecule has 0 aromatic carbocycles. The van der Waals surface area contributed by atoms with Gasteiger partial charge in [0.15, 0.2) is 5.83 Å². The molecule has 0 aromatic heterocycles. The Bertz CT molecular complexity index is 707. The number of hydrogen-bond acceptors (Lipinski definition) is 4. The maximum absolute atomic E-state index is 14.4. The maximum atomic E-state index is 14.4.